The fourth-order valence-electron chi connectivity index (χ4n) is 3.01. The maximum absolute atomic E-state index is 12.6. The van der Waals surface area contributed by atoms with Crippen LogP contribution in [0.2, 0.25) is 0 Å². The lowest BCUT2D eigenvalue weighted by Crippen LogP contribution is -2.44. The minimum atomic E-state index is 0.125. The third-order valence-corrected chi connectivity index (χ3v) is 4.20. The molecule has 0 bridgehead atoms. The van der Waals surface area contributed by atoms with Crippen LogP contribution in [0.4, 0.5) is 5.69 Å². The molecular weight excluding hydrogens is 252 g/mol. The molecule has 1 heterocycles. The second-order valence-electron chi connectivity index (χ2n) is 5.70. The van der Waals surface area contributed by atoms with Crippen LogP contribution in [-0.4, -0.2) is 48.2 Å². The average molecular weight is 274 g/mol. The number of fused-ring (bicyclic) bond motifs is 1. The van der Waals surface area contributed by atoms with Crippen LogP contribution < -0.4 is 4.90 Å². The van der Waals surface area contributed by atoms with Crippen molar-refractivity contribution in [2.75, 3.05) is 31.1 Å². The standard InChI is InChI=1S/C16H22N2O2/c19-11-10-17(14-7-8-14)12-16(20)18-9-3-5-13-4-1-2-6-15(13)18/h1-2,4,6,14,19H,3,5,7-12H2. The first kappa shape index (κ1) is 13.6. The number of carbonyl (C=O) groups excluding carboxylic acids is 1. The van der Waals surface area contributed by atoms with Gasteiger partial charge in [0.05, 0.1) is 13.2 Å². The molecule has 2 aliphatic rings. The Kier molecular flexibility index (Phi) is 4.03. The van der Waals surface area contributed by atoms with Gasteiger partial charge in [-0.2, -0.15) is 0 Å². The van der Waals surface area contributed by atoms with Crippen molar-refractivity contribution in [2.24, 2.45) is 0 Å². The number of hydrogen-bond donors (Lipinski definition) is 1. The number of aryl methyl sites for hydroxylation is 1. The molecule has 0 spiro atoms. The van der Waals surface area contributed by atoms with Gasteiger partial charge in [0.25, 0.3) is 0 Å². The number of rotatable bonds is 5. The first-order chi connectivity index (χ1) is 9.79. The van der Waals surface area contributed by atoms with Gasteiger partial charge in [0.15, 0.2) is 0 Å². The SMILES string of the molecule is O=C(CN(CCO)C1CC1)N1CCCc2ccccc21. The number of benzene rings is 1. The summed E-state index contributed by atoms with van der Waals surface area (Å²) in [7, 11) is 0. The zero-order valence-electron chi connectivity index (χ0n) is 11.8. The van der Waals surface area contributed by atoms with E-state index < -0.39 is 0 Å². The van der Waals surface area contributed by atoms with Crippen LogP contribution in [0, 0.1) is 0 Å². The minimum absolute atomic E-state index is 0.125. The van der Waals surface area contributed by atoms with E-state index in [2.05, 4.69) is 11.0 Å². The maximum atomic E-state index is 12.6. The highest BCUT2D eigenvalue weighted by atomic mass is 16.3. The maximum Gasteiger partial charge on any atom is 0.241 e. The van der Waals surface area contributed by atoms with Gasteiger partial charge in [0.1, 0.15) is 0 Å². The normalized spacial score (nSPS) is 18.2. The Labute approximate surface area is 120 Å². The molecule has 3 rings (SSSR count). The Morgan fingerprint density at radius 1 is 1.35 bits per heavy atom. The molecule has 1 saturated carbocycles. The van der Waals surface area contributed by atoms with Crippen LogP contribution in [0.1, 0.15) is 24.8 Å². The monoisotopic (exact) mass is 274 g/mol. The summed E-state index contributed by atoms with van der Waals surface area (Å²) < 4.78 is 0. The van der Waals surface area contributed by atoms with Crippen molar-refractivity contribution in [2.45, 2.75) is 31.7 Å². The van der Waals surface area contributed by atoms with Gasteiger partial charge in [-0.05, 0) is 37.3 Å². The molecule has 0 atom stereocenters. The van der Waals surface area contributed by atoms with E-state index in [1.54, 1.807) is 0 Å². The zero-order chi connectivity index (χ0) is 13.9. The van der Waals surface area contributed by atoms with Gasteiger partial charge in [0.2, 0.25) is 5.91 Å². The molecule has 4 nitrogen and oxygen atoms in total. The summed E-state index contributed by atoms with van der Waals surface area (Å²) in [4.78, 5) is 16.6. The van der Waals surface area contributed by atoms with Crippen molar-refractivity contribution in [3.8, 4) is 0 Å². The van der Waals surface area contributed by atoms with Crippen LogP contribution >= 0.6 is 0 Å². The van der Waals surface area contributed by atoms with Gasteiger partial charge in [-0.1, -0.05) is 18.2 Å². The Morgan fingerprint density at radius 2 is 2.15 bits per heavy atom. The van der Waals surface area contributed by atoms with E-state index >= 15 is 0 Å². The molecule has 108 valence electrons. The summed E-state index contributed by atoms with van der Waals surface area (Å²) in [6, 6.07) is 8.69. The lowest BCUT2D eigenvalue weighted by atomic mass is 10.0. The molecule has 0 saturated heterocycles. The van der Waals surface area contributed by atoms with Gasteiger partial charge in [-0.25, -0.2) is 0 Å². The molecule has 1 amide bonds. The highest BCUT2D eigenvalue weighted by Gasteiger charge is 2.32. The fourth-order valence-corrected chi connectivity index (χ4v) is 3.01. The molecule has 1 aromatic carbocycles. The van der Waals surface area contributed by atoms with Crippen LogP contribution in [0.15, 0.2) is 24.3 Å². The number of amides is 1. The van der Waals surface area contributed by atoms with E-state index in [9.17, 15) is 4.79 Å². The lowest BCUT2D eigenvalue weighted by Gasteiger charge is -2.31. The molecular formula is C16H22N2O2. The Bertz CT molecular complexity index is 485. The predicted molar refractivity (Wildman–Crippen MR) is 78.8 cm³/mol. The van der Waals surface area contributed by atoms with Gasteiger partial charge >= 0.3 is 0 Å². The molecule has 20 heavy (non-hydrogen) atoms. The Balaban J connectivity index is 1.71. The molecule has 0 unspecified atom stereocenters. The largest absolute Gasteiger partial charge is 0.395 e. The summed E-state index contributed by atoms with van der Waals surface area (Å²) >= 11 is 0. The molecule has 1 aliphatic carbocycles. The summed E-state index contributed by atoms with van der Waals surface area (Å²) in [5.41, 5.74) is 2.34. The van der Waals surface area contributed by atoms with E-state index in [4.69, 9.17) is 5.11 Å². The number of hydrogen-bond acceptors (Lipinski definition) is 3. The molecule has 0 aromatic heterocycles. The zero-order valence-corrected chi connectivity index (χ0v) is 11.8. The van der Waals surface area contributed by atoms with Gasteiger partial charge in [0, 0.05) is 24.8 Å². The summed E-state index contributed by atoms with van der Waals surface area (Å²) in [6.07, 6.45) is 4.41. The molecule has 0 radical (unpaired) electrons. The number of aliphatic hydroxyl groups excluding tert-OH is 1. The molecule has 1 aliphatic heterocycles. The number of nitrogens with zero attached hydrogens (tertiary/aromatic N) is 2. The van der Waals surface area contributed by atoms with Crippen molar-refractivity contribution in [1.82, 2.24) is 4.90 Å². The van der Waals surface area contributed by atoms with Crippen LogP contribution in [-0.2, 0) is 11.2 Å². The van der Waals surface area contributed by atoms with Gasteiger partial charge < -0.3 is 10.0 Å². The average Bonchev–Trinajstić information content (AvgIpc) is 3.31. The summed E-state index contributed by atoms with van der Waals surface area (Å²) in [5.74, 6) is 0.164. The summed E-state index contributed by atoms with van der Waals surface area (Å²) in [6.45, 7) is 1.97. The summed E-state index contributed by atoms with van der Waals surface area (Å²) in [5, 5.41) is 9.13. The number of carbonyl (C=O) groups is 1. The molecule has 4 heteroatoms. The Hall–Kier alpha value is -1.39. The highest BCUT2D eigenvalue weighted by Crippen LogP contribution is 2.29. The van der Waals surface area contributed by atoms with Crippen molar-refractivity contribution >= 4 is 11.6 Å². The topological polar surface area (TPSA) is 43.8 Å². The van der Waals surface area contributed by atoms with E-state index in [-0.39, 0.29) is 12.5 Å². The van der Waals surface area contributed by atoms with Crippen LogP contribution in [0.3, 0.4) is 0 Å². The first-order valence-corrected chi connectivity index (χ1v) is 7.53. The third-order valence-electron chi connectivity index (χ3n) is 4.20. The van der Waals surface area contributed by atoms with Crippen molar-refractivity contribution in [3.63, 3.8) is 0 Å². The van der Waals surface area contributed by atoms with E-state index in [0.29, 0.717) is 19.1 Å². The van der Waals surface area contributed by atoms with Gasteiger partial charge in [-0.3, -0.25) is 9.69 Å². The van der Waals surface area contributed by atoms with Crippen molar-refractivity contribution < 1.29 is 9.90 Å². The third kappa shape index (κ3) is 2.86. The van der Waals surface area contributed by atoms with Crippen molar-refractivity contribution in [1.29, 1.82) is 0 Å². The van der Waals surface area contributed by atoms with Gasteiger partial charge in [-0.15, -0.1) is 0 Å². The van der Waals surface area contributed by atoms with Crippen molar-refractivity contribution in [3.05, 3.63) is 29.8 Å². The quantitative estimate of drug-likeness (QED) is 0.883. The van der Waals surface area contributed by atoms with Crippen LogP contribution in [0.25, 0.3) is 0 Å². The number of para-hydroxylation sites is 1. The second kappa shape index (κ2) is 5.94. The second-order valence-corrected chi connectivity index (χ2v) is 5.70. The van der Waals surface area contributed by atoms with Crippen LogP contribution in [0.5, 0.6) is 0 Å². The first-order valence-electron chi connectivity index (χ1n) is 7.53. The van der Waals surface area contributed by atoms with E-state index in [1.807, 2.05) is 23.1 Å². The Morgan fingerprint density at radius 3 is 2.90 bits per heavy atom. The number of aliphatic hydroxyl groups is 1. The lowest BCUT2D eigenvalue weighted by molar-refractivity contribution is -0.120. The van der Waals surface area contributed by atoms with E-state index in [1.165, 1.54) is 5.56 Å². The van der Waals surface area contributed by atoms with E-state index in [0.717, 1.165) is 37.9 Å². The smallest absolute Gasteiger partial charge is 0.241 e. The molecule has 1 N–H and O–H groups in total. The minimum Gasteiger partial charge on any atom is -0.395 e. The molecule has 1 fully saturated rings. The highest BCUT2D eigenvalue weighted by molar-refractivity contribution is 5.96. The predicted octanol–water partition coefficient (Wildman–Crippen LogP) is 1.42. The molecule has 1 aromatic rings. The number of anilines is 1. The fraction of sp³-hybridized carbons (Fsp3) is 0.562.